The predicted octanol–water partition coefficient (Wildman–Crippen LogP) is 2.00. The zero-order chi connectivity index (χ0) is 17.0. The number of ether oxygens (including phenoxy) is 1. The number of carbonyl (C=O) groups is 1. The van der Waals surface area contributed by atoms with Gasteiger partial charge >= 0.3 is 6.09 Å². The first kappa shape index (κ1) is 17.5. The van der Waals surface area contributed by atoms with Crippen molar-refractivity contribution in [3.8, 4) is 0 Å². The Morgan fingerprint density at radius 2 is 2.00 bits per heavy atom. The smallest absolute Gasteiger partial charge is 0.407 e. The van der Waals surface area contributed by atoms with Crippen molar-refractivity contribution in [1.29, 1.82) is 0 Å². The second-order valence-corrected chi connectivity index (χ2v) is 6.77. The number of nitrogens with zero attached hydrogens (tertiary/aromatic N) is 3. The van der Waals surface area contributed by atoms with E-state index in [2.05, 4.69) is 27.1 Å². The first-order valence-corrected chi connectivity index (χ1v) is 7.79. The number of pyridine rings is 1. The normalized spacial score (nSPS) is 16.3. The molecular formula is C16H25FN4O2. The molecule has 128 valence electrons. The summed E-state index contributed by atoms with van der Waals surface area (Å²) in [5.74, 6) is -0.375. The van der Waals surface area contributed by atoms with E-state index in [1.807, 2.05) is 0 Å². The van der Waals surface area contributed by atoms with E-state index in [0.29, 0.717) is 5.69 Å². The van der Waals surface area contributed by atoms with Crippen molar-refractivity contribution in [2.75, 3.05) is 38.1 Å². The molecule has 7 heteroatoms. The molecule has 2 rings (SSSR count). The molecule has 0 unspecified atom stereocenters. The van der Waals surface area contributed by atoms with Crippen LogP contribution in [0.1, 0.15) is 26.5 Å². The summed E-state index contributed by atoms with van der Waals surface area (Å²) in [6, 6.07) is 1.48. The molecule has 1 aliphatic rings. The zero-order valence-electron chi connectivity index (χ0n) is 14.2. The standard InChI is InChI=1S/C16H25FN4O2/c1-16(2,3)23-15(22)19-11-13-14(9-12(17)10-18-13)21-7-5-20(4)6-8-21/h9-10H,5-8,11H2,1-4H3,(H,19,22). The molecule has 0 spiro atoms. The summed E-state index contributed by atoms with van der Waals surface area (Å²) in [6.07, 6.45) is 0.666. The van der Waals surface area contributed by atoms with Crippen LogP contribution in [0.2, 0.25) is 0 Å². The van der Waals surface area contributed by atoms with Crippen LogP contribution in [0, 0.1) is 5.82 Å². The third-order valence-corrected chi connectivity index (χ3v) is 3.56. The van der Waals surface area contributed by atoms with Crippen LogP contribution in [-0.4, -0.2) is 54.8 Å². The number of hydrogen-bond acceptors (Lipinski definition) is 5. The highest BCUT2D eigenvalue weighted by atomic mass is 19.1. The molecule has 0 aromatic carbocycles. The maximum absolute atomic E-state index is 13.6. The van der Waals surface area contributed by atoms with Crippen LogP contribution in [0.5, 0.6) is 0 Å². The van der Waals surface area contributed by atoms with Crippen molar-refractivity contribution in [2.24, 2.45) is 0 Å². The third kappa shape index (κ3) is 5.35. The number of alkyl carbamates (subject to hydrolysis) is 1. The fraction of sp³-hybridized carbons (Fsp3) is 0.625. The Hall–Kier alpha value is -1.89. The first-order chi connectivity index (χ1) is 10.7. The van der Waals surface area contributed by atoms with Gasteiger partial charge in [0.2, 0.25) is 0 Å². The molecule has 0 atom stereocenters. The Bertz CT molecular complexity index is 552. The van der Waals surface area contributed by atoms with Crippen LogP contribution >= 0.6 is 0 Å². The number of hydrogen-bond donors (Lipinski definition) is 1. The average Bonchev–Trinajstić information content (AvgIpc) is 2.45. The van der Waals surface area contributed by atoms with Crippen LogP contribution < -0.4 is 10.2 Å². The van der Waals surface area contributed by atoms with Crippen molar-refractivity contribution >= 4 is 11.8 Å². The van der Waals surface area contributed by atoms with Crippen LogP contribution in [0.3, 0.4) is 0 Å². The number of nitrogens with one attached hydrogen (secondary N) is 1. The van der Waals surface area contributed by atoms with Gasteiger partial charge in [-0.2, -0.15) is 0 Å². The minimum absolute atomic E-state index is 0.205. The molecule has 0 radical (unpaired) electrons. The molecule has 1 fully saturated rings. The van der Waals surface area contributed by atoms with Gasteiger partial charge in [-0.3, -0.25) is 4.98 Å². The molecule has 1 aromatic rings. The van der Waals surface area contributed by atoms with Crippen molar-refractivity contribution in [2.45, 2.75) is 32.9 Å². The van der Waals surface area contributed by atoms with E-state index in [4.69, 9.17) is 4.74 Å². The highest BCUT2D eigenvalue weighted by Crippen LogP contribution is 2.21. The van der Waals surface area contributed by atoms with Crippen LogP contribution in [0.4, 0.5) is 14.9 Å². The number of rotatable bonds is 3. The number of amides is 1. The van der Waals surface area contributed by atoms with Crippen molar-refractivity contribution in [1.82, 2.24) is 15.2 Å². The topological polar surface area (TPSA) is 57.7 Å². The Labute approximate surface area is 136 Å². The van der Waals surface area contributed by atoms with E-state index in [-0.39, 0.29) is 12.4 Å². The number of aromatic nitrogens is 1. The van der Waals surface area contributed by atoms with Crippen molar-refractivity contribution in [3.05, 3.63) is 23.8 Å². The van der Waals surface area contributed by atoms with Gasteiger partial charge in [0.25, 0.3) is 0 Å². The van der Waals surface area contributed by atoms with Gasteiger partial charge < -0.3 is 19.9 Å². The fourth-order valence-electron chi connectivity index (χ4n) is 2.38. The molecular weight excluding hydrogens is 299 g/mol. The molecule has 1 amide bonds. The largest absolute Gasteiger partial charge is 0.444 e. The minimum Gasteiger partial charge on any atom is -0.444 e. The van der Waals surface area contributed by atoms with Crippen molar-refractivity contribution < 1.29 is 13.9 Å². The number of likely N-dealkylation sites (N-methyl/N-ethyl adjacent to an activating group) is 1. The van der Waals surface area contributed by atoms with Gasteiger partial charge in [0, 0.05) is 32.2 Å². The molecule has 2 heterocycles. The lowest BCUT2D eigenvalue weighted by Gasteiger charge is -2.34. The second kappa shape index (κ2) is 7.12. The second-order valence-electron chi connectivity index (χ2n) is 6.77. The highest BCUT2D eigenvalue weighted by molar-refractivity contribution is 5.68. The van der Waals surface area contributed by atoms with E-state index in [0.717, 1.165) is 31.9 Å². The summed E-state index contributed by atoms with van der Waals surface area (Å²) >= 11 is 0. The van der Waals surface area contributed by atoms with E-state index in [1.165, 1.54) is 12.3 Å². The molecule has 0 bridgehead atoms. The Balaban J connectivity index is 2.05. The summed E-state index contributed by atoms with van der Waals surface area (Å²) < 4.78 is 18.8. The number of halogens is 1. The van der Waals surface area contributed by atoms with Gasteiger partial charge in [-0.1, -0.05) is 0 Å². The lowest BCUT2D eigenvalue weighted by Crippen LogP contribution is -2.45. The third-order valence-electron chi connectivity index (χ3n) is 3.56. The predicted molar refractivity (Wildman–Crippen MR) is 87.0 cm³/mol. The van der Waals surface area contributed by atoms with Gasteiger partial charge in [-0.25, -0.2) is 9.18 Å². The lowest BCUT2D eigenvalue weighted by atomic mass is 10.2. The zero-order valence-corrected chi connectivity index (χ0v) is 14.2. The first-order valence-electron chi connectivity index (χ1n) is 7.79. The summed E-state index contributed by atoms with van der Waals surface area (Å²) in [6.45, 7) is 9.05. The molecule has 0 saturated carbocycles. The number of carbonyl (C=O) groups excluding carboxylic acids is 1. The maximum Gasteiger partial charge on any atom is 0.407 e. The Morgan fingerprint density at radius 3 is 2.61 bits per heavy atom. The van der Waals surface area contributed by atoms with Crippen LogP contribution in [0.25, 0.3) is 0 Å². The highest BCUT2D eigenvalue weighted by Gasteiger charge is 2.20. The van der Waals surface area contributed by atoms with E-state index in [1.54, 1.807) is 20.8 Å². The fourth-order valence-corrected chi connectivity index (χ4v) is 2.38. The quantitative estimate of drug-likeness (QED) is 0.921. The molecule has 23 heavy (non-hydrogen) atoms. The molecule has 6 nitrogen and oxygen atoms in total. The molecule has 0 aliphatic carbocycles. The monoisotopic (exact) mass is 324 g/mol. The van der Waals surface area contributed by atoms with Crippen LogP contribution in [0.15, 0.2) is 12.3 Å². The van der Waals surface area contributed by atoms with Gasteiger partial charge in [0.05, 0.1) is 24.1 Å². The average molecular weight is 324 g/mol. The van der Waals surface area contributed by atoms with Gasteiger partial charge in [0.1, 0.15) is 11.4 Å². The summed E-state index contributed by atoms with van der Waals surface area (Å²) in [5, 5.41) is 2.68. The molecule has 1 aromatic heterocycles. The lowest BCUT2D eigenvalue weighted by molar-refractivity contribution is 0.0523. The summed E-state index contributed by atoms with van der Waals surface area (Å²) in [5.41, 5.74) is 0.816. The van der Waals surface area contributed by atoms with Gasteiger partial charge in [-0.15, -0.1) is 0 Å². The van der Waals surface area contributed by atoms with E-state index < -0.39 is 11.7 Å². The summed E-state index contributed by atoms with van der Waals surface area (Å²) in [7, 11) is 2.06. The summed E-state index contributed by atoms with van der Waals surface area (Å²) in [4.78, 5) is 20.2. The SMILES string of the molecule is CN1CCN(c2cc(F)cnc2CNC(=O)OC(C)(C)C)CC1. The maximum atomic E-state index is 13.6. The van der Waals surface area contributed by atoms with E-state index >= 15 is 0 Å². The number of piperazine rings is 1. The Morgan fingerprint density at radius 1 is 1.35 bits per heavy atom. The van der Waals surface area contributed by atoms with Crippen molar-refractivity contribution in [3.63, 3.8) is 0 Å². The van der Waals surface area contributed by atoms with Gasteiger partial charge in [-0.05, 0) is 27.8 Å². The molecule has 1 N–H and O–H groups in total. The van der Waals surface area contributed by atoms with E-state index in [9.17, 15) is 9.18 Å². The number of anilines is 1. The minimum atomic E-state index is -0.555. The molecule has 1 aliphatic heterocycles. The molecule has 1 saturated heterocycles. The van der Waals surface area contributed by atoms with Crippen LogP contribution in [-0.2, 0) is 11.3 Å². The van der Waals surface area contributed by atoms with Gasteiger partial charge in [0.15, 0.2) is 0 Å². The Kier molecular flexibility index (Phi) is 5.41.